The van der Waals surface area contributed by atoms with Crippen molar-refractivity contribution in [3.8, 4) is 0 Å². The predicted octanol–water partition coefficient (Wildman–Crippen LogP) is 2.91. The fourth-order valence-corrected chi connectivity index (χ4v) is 2.87. The molecular formula is C16H29NO3. The zero-order valence-corrected chi connectivity index (χ0v) is 13.5. The highest BCUT2D eigenvalue weighted by molar-refractivity contribution is 5.87. The van der Waals surface area contributed by atoms with Gasteiger partial charge in [0.05, 0.1) is 6.61 Å². The van der Waals surface area contributed by atoms with Crippen molar-refractivity contribution in [2.45, 2.75) is 66.3 Å². The first-order chi connectivity index (χ1) is 9.30. The Hall–Kier alpha value is -1.06. The Labute approximate surface area is 122 Å². The van der Waals surface area contributed by atoms with Gasteiger partial charge in [-0.25, -0.2) is 4.79 Å². The van der Waals surface area contributed by atoms with E-state index in [1.165, 1.54) is 0 Å². The number of nitrogens with one attached hydrogen (secondary N) is 1. The Morgan fingerprint density at radius 2 is 1.80 bits per heavy atom. The highest BCUT2D eigenvalue weighted by Crippen LogP contribution is 2.41. The van der Waals surface area contributed by atoms with Gasteiger partial charge < -0.3 is 10.1 Å². The number of rotatable bonds is 5. The zero-order chi connectivity index (χ0) is 15.3. The van der Waals surface area contributed by atoms with E-state index in [1.54, 1.807) is 13.8 Å². The lowest BCUT2D eigenvalue weighted by Gasteiger charge is -2.38. The van der Waals surface area contributed by atoms with Crippen molar-refractivity contribution in [3.63, 3.8) is 0 Å². The van der Waals surface area contributed by atoms with Crippen LogP contribution in [0.4, 0.5) is 0 Å². The molecule has 0 aromatic heterocycles. The molecular weight excluding hydrogens is 254 g/mol. The van der Waals surface area contributed by atoms with E-state index < -0.39 is 6.04 Å². The number of hydrogen-bond donors (Lipinski definition) is 1. The van der Waals surface area contributed by atoms with E-state index in [-0.39, 0.29) is 17.3 Å². The van der Waals surface area contributed by atoms with Crippen LogP contribution in [0.25, 0.3) is 0 Å². The third kappa shape index (κ3) is 4.22. The van der Waals surface area contributed by atoms with Crippen LogP contribution in [0.15, 0.2) is 0 Å². The third-order valence-corrected chi connectivity index (χ3v) is 4.61. The number of carbonyl (C=O) groups excluding carboxylic acids is 2. The van der Waals surface area contributed by atoms with Gasteiger partial charge in [-0.3, -0.25) is 4.79 Å². The van der Waals surface area contributed by atoms with Gasteiger partial charge in [-0.1, -0.05) is 20.8 Å². The van der Waals surface area contributed by atoms with E-state index in [4.69, 9.17) is 4.74 Å². The molecule has 0 saturated heterocycles. The number of carbonyl (C=O) groups is 2. The van der Waals surface area contributed by atoms with E-state index in [2.05, 4.69) is 19.2 Å². The minimum Gasteiger partial charge on any atom is -0.464 e. The molecule has 0 aliphatic heterocycles. The van der Waals surface area contributed by atoms with E-state index in [0.717, 1.165) is 31.6 Å². The van der Waals surface area contributed by atoms with Crippen molar-refractivity contribution in [2.75, 3.05) is 6.61 Å². The fourth-order valence-electron chi connectivity index (χ4n) is 2.87. The van der Waals surface area contributed by atoms with Gasteiger partial charge >= 0.3 is 5.97 Å². The van der Waals surface area contributed by atoms with Crippen molar-refractivity contribution in [1.29, 1.82) is 0 Å². The summed E-state index contributed by atoms with van der Waals surface area (Å²) in [5.41, 5.74) is -0.341. The molecule has 1 N–H and O–H groups in total. The predicted molar refractivity (Wildman–Crippen MR) is 79.1 cm³/mol. The summed E-state index contributed by atoms with van der Waals surface area (Å²) in [5.74, 6) is 1.03. The van der Waals surface area contributed by atoms with Crippen LogP contribution in [0.1, 0.15) is 60.3 Å². The smallest absolute Gasteiger partial charge is 0.328 e. The molecule has 0 heterocycles. The topological polar surface area (TPSA) is 55.4 Å². The maximum atomic E-state index is 12.4. The van der Waals surface area contributed by atoms with Gasteiger partial charge in [-0.2, -0.15) is 0 Å². The molecule has 1 atom stereocenters. The van der Waals surface area contributed by atoms with Gasteiger partial charge in [0, 0.05) is 5.41 Å². The molecule has 1 aliphatic carbocycles. The quantitative estimate of drug-likeness (QED) is 0.789. The number of hydrogen-bond acceptors (Lipinski definition) is 3. The summed E-state index contributed by atoms with van der Waals surface area (Å²) in [5, 5.41) is 2.81. The van der Waals surface area contributed by atoms with Gasteiger partial charge in [0.2, 0.25) is 5.91 Å². The molecule has 116 valence electrons. The van der Waals surface area contributed by atoms with E-state index in [1.807, 2.05) is 6.92 Å². The summed E-state index contributed by atoms with van der Waals surface area (Å²) in [6, 6.07) is -0.568. The fraction of sp³-hybridized carbons (Fsp3) is 0.875. The van der Waals surface area contributed by atoms with Crippen LogP contribution in [0.3, 0.4) is 0 Å². The van der Waals surface area contributed by atoms with Gasteiger partial charge in [-0.05, 0) is 51.4 Å². The molecule has 20 heavy (non-hydrogen) atoms. The standard InChI is InChI=1S/C16H29NO3/c1-6-20-14(18)12(4)17-15(19)16(5)9-7-13(8-10-16)11(2)3/h11-13H,6-10H2,1-5H3,(H,17,19)/t12-,13?,16?/m0/s1. The van der Waals surface area contributed by atoms with Crippen LogP contribution < -0.4 is 5.32 Å². The molecule has 1 fully saturated rings. The Bertz CT molecular complexity index is 344. The molecule has 1 saturated carbocycles. The van der Waals surface area contributed by atoms with Crippen molar-refractivity contribution in [3.05, 3.63) is 0 Å². The number of amides is 1. The molecule has 4 heteroatoms. The first kappa shape index (κ1) is 17.0. The van der Waals surface area contributed by atoms with Crippen molar-refractivity contribution in [2.24, 2.45) is 17.3 Å². The van der Waals surface area contributed by atoms with Crippen LogP contribution in [0, 0.1) is 17.3 Å². The largest absolute Gasteiger partial charge is 0.464 e. The average molecular weight is 283 g/mol. The van der Waals surface area contributed by atoms with Gasteiger partial charge in [0.1, 0.15) is 6.04 Å². The average Bonchev–Trinajstić information content (AvgIpc) is 2.39. The molecule has 0 aromatic rings. The van der Waals surface area contributed by atoms with Crippen LogP contribution >= 0.6 is 0 Å². The summed E-state index contributed by atoms with van der Waals surface area (Å²) in [4.78, 5) is 24.0. The van der Waals surface area contributed by atoms with Gasteiger partial charge in [0.25, 0.3) is 0 Å². The molecule has 0 aromatic carbocycles. The lowest BCUT2D eigenvalue weighted by Crippen LogP contribution is -2.48. The summed E-state index contributed by atoms with van der Waals surface area (Å²) in [6.07, 6.45) is 3.99. The normalized spacial score (nSPS) is 28.0. The zero-order valence-electron chi connectivity index (χ0n) is 13.5. The Balaban J connectivity index is 2.53. The summed E-state index contributed by atoms with van der Waals surface area (Å²) < 4.78 is 4.92. The molecule has 0 bridgehead atoms. The summed E-state index contributed by atoms with van der Waals surface area (Å²) in [7, 11) is 0. The first-order valence-electron chi connectivity index (χ1n) is 7.77. The maximum Gasteiger partial charge on any atom is 0.328 e. The Morgan fingerprint density at radius 3 is 2.25 bits per heavy atom. The SMILES string of the molecule is CCOC(=O)[C@H](C)NC(=O)C1(C)CCC(C(C)C)CC1. The van der Waals surface area contributed by atoms with E-state index >= 15 is 0 Å². The van der Waals surface area contributed by atoms with E-state index in [0.29, 0.717) is 12.5 Å². The second kappa shape index (κ2) is 7.09. The van der Waals surface area contributed by atoms with E-state index in [9.17, 15) is 9.59 Å². The van der Waals surface area contributed by atoms with Crippen LogP contribution in [-0.2, 0) is 14.3 Å². The Morgan fingerprint density at radius 1 is 1.25 bits per heavy atom. The van der Waals surface area contributed by atoms with Crippen molar-refractivity contribution >= 4 is 11.9 Å². The lowest BCUT2D eigenvalue weighted by atomic mass is 9.68. The van der Waals surface area contributed by atoms with Gasteiger partial charge in [0.15, 0.2) is 0 Å². The first-order valence-corrected chi connectivity index (χ1v) is 7.77. The number of ether oxygens (including phenoxy) is 1. The highest BCUT2D eigenvalue weighted by Gasteiger charge is 2.39. The molecule has 1 aliphatic rings. The van der Waals surface area contributed by atoms with Crippen molar-refractivity contribution < 1.29 is 14.3 Å². The highest BCUT2D eigenvalue weighted by atomic mass is 16.5. The van der Waals surface area contributed by atoms with Crippen molar-refractivity contribution in [1.82, 2.24) is 5.32 Å². The molecule has 1 amide bonds. The number of esters is 1. The van der Waals surface area contributed by atoms with Crippen LogP contribution in [-0.4, -0.2) is 24.5 Å². The molecule has 0 radical (unpaired) electrons. The maximum absolute atomic E-state index is 12.4. The molecule has 1 rings (SSSR count). The summed E-state index contributed by atoms with van der Waals surface area (Å²) >= 11 is 0. The second-order valence-corrected chi connectivity index (χ2v) is 6.59. The summed E-state index contributed by atoms with van der Waals surface area (Å²) in [6.45, 7) is 10.3. The monoisotopic (exact) mass is 283 g/mol. The lowest BCUT2D eigenvalue weighted by molar-refractivity contribution is -0.148. The molecule has 4 nitrogen and oxygen atoms in total. The molecule has 0 spiro atoms. The van der Waals surface area contributed by atoms with Gasteiger partial charge in [-0.15, -0.1) is 0 Å². The minimum absolute atomic E-state index is 0.0136. The third-order valence-electron chi connectivity index (χ3n) is 4.61. The molecule has 0 unspecified atom stereocenters. The van der Waals surface area contributed by atoms with Crippen LogP contribution in [0.5, 0.6) is 0 Å². The van der Waals surface area contributed by atoms with Crippen LogP contribution in [0.2, 0.25) is 0 Å². The minimum atomic E-state index is -0.568. The second-order valence-electron chi connectivity index (χ2n) is 6.59. The Kier molecular flexibility index (Phi) is 6.03.